The Labute approximate surface area is 146 Å². The van der Waals surface area contributed by atoms with E-state index >= 15 is 0 Å². The minimum Gasteiger partial charge on any atom is -0.292 e. The number of amides is 1. The number of anilines is 1. The zero-order chi connectivity index (χ0) is 19.1. The van der Waals surface area contributed by atoms with Gasteiger partial charge in [-0.15, -0.1) is 0 Å². The number of aryl methyl sites for hydroxylation is 1. The SMILES string of the molecule is O=C(CCc1cccnc1)C(=O)NNc1ccc([N+](=O)[O-])cc1[N+](=O)[O-]. The molecule has 0 saturated heterocycles. The van der Waals surface area contributed by atoms with Crippen LogP contribution in [0.1, 0.15) is 12.0 Å². The first-order chi connectivity index (χ1) is 12.4. The van der Waals surface area contributed by atoms with Crippen molar-refractivity contribution in [3.63, 3.8) is 0 Å². The Bertz CT molecular complexity index is 855. The number of hydrogen-bond donors (Lipinski definition) is 2. The van der Waals surface area contributed by atoms with E-state index in [4.69, 9.17) is 0 Å². The van der Waals surface area contributed by atoms with E-state index in [1.54, 1.807) is 24.5 Å². The molecule has 2 aromatic rings. The summed E-state index contributed by atoms with van der Waals surface area (Å²) >= 11 is 0. The Hall–Kier alpha value is -3.89. The lowest BCUT2D eigenvalue weighted by Gasteiger charge is -2.08. The molecule has 11 heteroatoms. The van der Waals surface area contributed by atoms with Gasteiger partial charge in [-0.25, -0.2) is 0 Å². The lowest BCUT2D eigenvalue weighted by atomic mass is 10.1. The second kappa shape index (κ2) is 8.28. The quantitative estimate of drug-likeness (QED) is 0.408. The van der Waals surface area contributed by atoms with Crippen LogP contribution in [0, 0.1) is 20.2 Å². The smallest absolute Gasteiger partial charge is 0.292 e. The Kier molecular flexibility index (Phi) is 5.88. The van der Waals surface area contributed by atoms with Gasteiger partial charge in [0.2, 0.25) is 5.78 Å². The van der Waals surface area contributed by atoms with Crippen LogP contribution in [0.3, 0.4) is 0 Å². The van der Waals surface area contributed by atoms with Crippen molar-refractivity contribution in [2.24, 2.45) is 0 Å². The predicted molar refractivity (Wildman–Crippen MR) is 89.1 cm³/mol. The fourth-order valence-corrected chi connectivity index (χ4v) is 2.00. The molecule has 0 aliphatic rings. The van der Waals surface area contributed by atoms with Crippen molar-refractivity contribution in [3.05, 3.63) is 68.5 Å². The minimum atomic E-state index is -0.985. The van der Waals surface area contributed by atoms with Crippen molar-refractivity contribution in [3.8, 4) is 0 Å². The highest BCUT2D eigenvalue weighted by molar-refractivity contribution is 6.36. The van der Waals surface area contributed by atoms with Gasteiger partial charge in [0.25, 0.3) is 5.69 Å². The summed E-state index contributed by atoms with van der Waals surface area (Å²) in [6.45, 7) is 0. The number of pyridine rings is 1. The molecule has 0 fully saturated rings. The monoisotopic (exact) mass is 359 g/mol. The second-order valence-corrected chi connectivity index (χ2v) is 5.08. The maximum absolute atomic E-state index is 11.8. The normalized spacial score (nSPS) is 10.0. The average molecular weight is 359 g/mol. The van der Waals surface area contributed by atoms with Crippen LogP contribution in [-0.2, 0) is 16.0 Å². The molecule has 0 atom stereocenters. The third-order valence-electron chi connectivity index (χ3n) is 3.32. The molecule has 0 aliphatic heterocycles. The fraction of sp³-hybridized carbons (Fsp3) is 0.133. The predicted octanol–water partition coefficient (Wildman–Crippen LogP) is 1.54. The summed E-state index contributed by atoms with van der Waals surface area (Å²) < 4.78 is 0. The number of aromatic nitrogens is 1. The number of ketones is 1. The molecule has 1 amide bonds. The first-order valence-electron chi connectivity index (χ1n) is 7.29. The molecule has 0 spiro atoms. The van der Waals surface area contributed by atoms with Crippen molar-refractivity contribution in [1.82, 2.24) is 10.4 Å². The fourth-order valence-electron chi connectivity index (χ4n) is 2.00. The van der Waals surface area contributed by atoms with Crippen LogP contribution in [0.2, 0.25) is 0 Å². The van der Waals surface area contributed by atoms with E-state index in [2.05, 4.69) is 15.8 Å². The van der Waals surface area contributed by atoms with Crippen molar-refractivity contribution < 1.29 is 19.4 Å². The van der Waals surface area contributed by atoms with Crippen LogP contribution >= 0.6 is 0 Å². The highest BCUT2D eigenvalue weighted by Crippen LogP contribution is 2.28. The number of nitro groups is 2. The van der Waals surface area contributed by atoms with E-state index in [0.29, 0.717) is 6.42 Å². The standard InChI is InChI=1S/C15H13N5O6/c21-14(6-3-10-2-1-7-16-9-10)15(22)18-17-12-5-4-11(19(23)24)8-13(12)20(25)26/h1-2,4-5,7-9,17H,3,6H2,(H,18,22). The average Bonchev–Trinajstić information content (AvgIpc) is 2.64. The first kappa shape index (κ1) is 18.4. The summed E-state index contributed by atoms with van der Waals surface area (Å²) in [5.41, 5.74) is 3.81. The Balaban J connectivity index is 1.97. The number of hydrazine groups is 1. The third-order valence-corrected chi connectivity index (χ3v) is 3.32. The highest BCUT2D eigenvalue weighted by atomic mass is 16.6. The van der Waals surface area contributed by atoms with E-state index in [1.807, 2.05) is 0 Å². The molecule has 1 aromatic carbocycles. The lowest BCUT2D eigenvalue weighted by molar-refractivity contribution is -0.393. The van der Waals surface area contributed by atoms with Gasteiger partial charge in [0.15, 0.2) is 0 Å². The summed E-state index contributed by atoms with van der Waals surface area (Å²) in [6.07, 6.45) is 3.40. The van der Waals surface area contributed by atoms with Gasteiger partial charge < -0.3 is 0 Å². The number of benzene rings is 1. The van der Waals surface area contributed by atoms with E-state index in [1.165, 1.54) is 0 Å². The Morgan fingerprint density at radius 1 is 1.12 bits per heavy atom. The van der Waals surface area contributed by atoms with E-state index in [0.717, 1.165) is 23.8 Å². The van der Waals surface area contributed by atoms with Crippen LogP contribution in [0.5, 0.6) is 0 Å². The van der Waals surface area contributed by atoms with Crippen molar-refractivity contribution in [2.75, 3.05) is 5.43 Å². The van der Waals surface area contributed by atoms with Gasteiger partial charge in [-0.3, -0.25) is 45.7 Å². The van der Waals surface area contributed by atoms with Crippen LogP contribution in [0.4, 0.5) is 17.1 Å². The summed E-state index contributed by atoms with van der Waals surface area (Å²) in [5.74, 6) is -1.72. The molecule has 26 heavy (non-hydrogen) atoms. The molecule has 0 bridgehead atoms. The van der Waals surface area contributed by atoms with Gasteiger partial charge in [-0.1, -0.05) is 6.07 Å². The van der Waals surface area contributed by atoms with Gasteiger partial charge >= 0.3 is 11.6 Å². The number of carbonyl (C=O) groups excluding carboxylic acids is 2. The van der Waals surface area contributed by atoms with Crippen LogP contribution in [0.25, 0.3) is 0 Å². The number of non-ortho nitro benzene ring substituents is 1. The van der Waals surface area contributed by atoms with Gasteiger partial charge in [-0.05, 0) is 24.1 Å². The molecule has 2 rings (SSSR count). The number of carbonyl (C=O) groups is 2. The summed E-state index contributed by atoms with van der Waals surface area (Å²) in [5, 5.41) is 21.7. The number of nitrogens with zero attached hydrogens (tertiary/aromatic N) is 3. The molecule has 134 valence electrons. The Morgan fingerprint density at radius 2 is 1.88 bits per heavy atom. The summed E-state index contributed by atoms with van der Waals surface area (Å²) in [6, 6.07) is 6.31. The zero-order valence-electron chi connectivity index (χ0n) is 13.2. The molecule has 1 heterocycles. The molecule has 0 aliphatic carbocycles. The zero-order valence-corrected chi connectivity index (χ0v) is 13.2. The van der Waals surface area contributed by atoms with Gasteiger partial charge in [0.1, 0.15) is 5.69 Å². The van der Waals surface area contributed by atoms with Crippen molar-refractivity contribution >= 4 is 28.8 Å². The van der Waals surface area contributed by atoms with E-state index < -0.39 is 32.9 Å². The van der Waals surface area contributed by atoms with E-state index in [-0.39, 0.29) is 12.1 Å². The number of rotatable bonds is 8. The van der Waals surface area contributed by atoms with Crippen LogP contribution < -0.4 is 10.9 Å². The number of hydrogen-bond acceptors (Lipinski definition) is 8. The largest absolute Gasteiger partial charge is 0.305 e. The third kappa shape index (κ3) is 4.80. The molecule has 0 unspecified atom stereocenters. The van der Waals surface area contributed by atoms with Gasteiger partial charge in [0.05, 0.1) is 15.9 Å². The lowest BCUT2D eigenvalue weighted by Crippen LogP contribution is -2.35. The minimum absolute atomic E-state index is 0.0679. The highest BCUT2D eigenvalue weighted by Gasteiger charge is 2.21. The number of Topliss-reactive ketones (excluding diaryl/α,β-unsaturated/α-hetero) is 1. The van der Waals surface area contributed by atoms with Crippen molar-refractivity contribution in [1.29, 1.82) is 0 Å². The van der Waals surface area contributed by atoms with Gasteiger partial charge in [-0.2, -0.15) is 0 Å². The number of nitro benzene ring substituents is 2. The molecular formula is C15H13N5O6. The molecule has 0 saturated carbocycles. The second-order valence-electron chi connectivity index (χ2n) is 5.08. The molecule has 1 aromatic heterocycles. The van der Waals surface area contributed by atoms with Crippen LogP contribution in [-0.4, -0.2) is 26.5 Å². The topological polar surface area (TPSA) is 157 Å². The molecular weight excluding hydrogens is 346 g/mol. The molecule has 11 nitrogen and oxygen atoms in total. The van der Waals surface area contributed by atoms with E-state index in [9.17, 15) is 29.8 Å². The number of nitrogens with one attached hydrogen (secondary N) is 2. The maximum Gasteiger partial charge on any atom is 0.305 e. The molecule has 2 N–H and O–H groups in total. The van der Waals surface area contributed by atoms with Crippen molar-refractivity contribution in [2.45, 2.75) is 12.8 Å². The van der Waals surface area contributed by atoms with Gasteiger partial charge in [0, 0.05) is 24.9 Å². The Morgan fingerprint density at radius 3 is 2.50 bits per heavy atom. The maximum atomic E-state index is 11.8. The molecule has 0 radical (unpaired) electrons. The summed E-state index contributed by atoms with van der Waals surface area (Å²) in [4.78, 5) is 47.5. The van der Waals surface area contributed by atoms with Crippen LogP contribution in [0.15, 0.2) is 42.7 Å². The first-order valence-corrected chi connectivity index (χ1v) is 7.29. The summed E-state index contributed by atoms with van der Waals surface area (Å²) in [7, 11) is 0.